The minimum atomic E-state index is 0.460. The van der Waals surface area contributed by atoms with Gasteiger partial charge in [-0.25, -0.2) is 0 Å². The van der Waals surface area contributed by atoms with Crippen LogP contribution in [0.25, 0.3) is 0 Å². The van der Waals surface area contributed by atoms with E-state index in [1.807, 2.05) is 24.3 Å². The Bertz CT molecular complexity index is 365. The third-order valence-corrected chi connectivity index (χ3v) is 3.68. The number of anilines is 1. The first-order chi connectivity index (χ1) is 8.78. The molecule has 0 aromatic heterocycles. The molecule has 3 nitrogen and oxygen atoms in total. The van der Waals surface area contributed by atoms with Gasteiger partial charge in [-0.3, -0.25) is 0 Å². The molecule has 0 radical (unpaired) electrons. The van der Waals surface area contributed by atoms with Crippen molar-refractivity contribution in [3.8, 4) is 0 Å². The molecule has 1 heterocycles. The standard InChI is InChI=1S/C14H21ClN2O/c1-18-14-5-8-17(9-6-14)10-7-16-13-4-2-3-12(15)11-13/h2-4,11,14,16H,5-10H2,1H3. The van der Waals surface area contributed by atoms with Gasteiger partial charge in [0.05, 0.1) is 6.10 Å². The van der Waals surface area contributed by atoms with E-state index in [0.29, 0.717) is 6.10 Å². The van der Waals surface area contributed by atoms with Crippen LogP contribution in [-0.4, -0.2) is 44.3 Å². The summed E-state index contributed by atoms with van der Waals surface area (Å²) in [5.74, 6) is 0. The van der Waals surface area contributed by atoms with Crippen LogP contribution in [0.4, 0.5) is 5.69 Å². The minimum Gasteiger partial charge on any atom is -0.384 e. The zero-order chi connectivity index (χ0) is 12.8. The number of likely N-dealkylation sites (tertiary alicyclic amines) is 1. The maximum absolute atomic E-state index is 5.94. The summed E-state index contributed by atoms with van der Waals surface area (Å²) in [6.07, 6.45) is 2.75. The first-order valence-corrected chi connectivity index (χ1v) is 6.90. The Morgan fingerprint density at radius 2 is 2.17 bits per heavy atom. The number of hydrogen-bond acceptors (Lipinski definition) is 3. The van der Waals surface area contributed by atoms with Crippen LogP contribution >= 0.6 is 11.6 Å². The van der Waals surface area contributed by atoms with Crippen LogP contribution in [0.1, 0.15) is 12.8 Å². The van der Waals surface area contributed by atoms with Crippen molar-refractivity contribution >= 4 is 17.3 Å². The monoisotopic (exact) mass is 268 g/mol. The second kappa shape index (κ2) is 6.98. The highest BCUT2D eigenvalue weighted by Crippen LogP contribution is 2.15. The smallest absolute Gasteiger partial charge is 0.0595 e. The highest BCUT2D eigenvalue weighted by Gasteiger charge is 2.17. The molecule has 18 heavy (non-hydrogen) atoms. The number of methoxy groups -OCH3 is 1. The summed E-state index contributed by atoms with van der Waals surface area (Å²) in [5.41, 5.74) is 1.09. The molecule has 1 aliphatic rings. The molecule has 0 spiro atoms. The van der Waals surface area contributed by atoms with Crippen LogP contribution in [0.15, 0.2) is 24.3 Å². The van der Waals surface area contributed by atoms with Crippen molar-refractivity contribution in [2.24, 2.45) is 0 Å². The number of piperidine rings is 1. The lowest BCUT2D eigenvalue weighted by Gasteiger charge is -2.31. The number of nitrogens with zero attached hydrogens (tertiary/aromatic N) is 1. The van der Waals surface area contributed by atoms with E-state index in [1.165, 1.54) is 0 Å². The molecule has 2 rings (SSSR count). The summed E-state index contributed by atoms with van der Waals surface area (Å²) < 4.78 is 5.37. The van der Waals surface area contributed by atoms with E-state index in [0.717, 1.165) is 49.7 Å². The molecule has 0 saturated carbocycles. The van der Waals surface area contributed by atoms with E-state index >= 15 is 0 Å². The van der Waals surface area contributed by atoms with Crippen molar-refractivity contribution in [2.75, 3.05) is 38.6 Å². The molecular formula is C14H21ClN2O. The zero-order valence-electron chi connectivity index (χ0n) is 10.9. The Kier molecular flexibility index (Phi) is 5.29. The molecule has 0 unspecified atom stereocenters. The number of halogens is 1. The van der Waals surface area contributed by atoms with Gasteiger partial charge in [-0.05, 0) is 31.0 Å². The molecule has 1 saturated heterocycles. The SMILES string of the molecule is COC1CCN(CCNc2cccc(Cl)c2)CC1. The zero-order valence-corrected chi connectivity index (χ0v) is 11.6. The van der Waals surface area contributed by atoms with Crippen LogP contribution in [0.2, 0.25) is 5.02 Å². The Morgan fingerprint density at radius 1 is 1.39 bits per heavy atom. The normalized spacial score (nSPS) is 17.9. The van der Waals surface area contributed by atoms with Crippen molar-refractivity contribution < 1.29 is 4.74 Å². The lowest BCUT2D eigenvalue weighted by molar-refractivity contribution is 0.0423. The number of ether oxygens (including phenoxy) is 1. The lowest BCUT2D eigenvalue weighted by Crippen LogP contribution is -2.39. The van der Waals surface area contributed by atoms with E-state index in [9.17, 15) is 0 Å². The van der Waals surface area contributed by atoms with Crippen molar-refractivity contribution in [3.63, 3.8) is 0 Å². The van der Waals surface area contributed by atoms with Gasteiger partial charge in [0, 0.05) is 44.0 Å². The van der Waals surface area contributed by atoms with Gasteiger partial charge in [0.2, 0.25) is 0 Å². The fourth-order valence-electron chi connectivity index (χ4n) is 2.33. The van der Waals surface area contributed by atoms with E-state index < -0.39 is 0 Å². The highest BCUT2D eigenvalue weighted by molar-refractivity contribution is 6.30. The van der Waals surface area contributed by atoms with Crippen molar-refractivity contribution in [1.82, 2.24) is 4.90 Å². The summed E-state index contributed by atoms with van der Waals surface area (Å²) in [4.78, 5) is 2.48. The summed E-state index contributed by atoms with van der Waals surface area (Å²) in [6, 6.07) is 7.86. The van der Waals surface area contributed by atoms with Crippen LogP contribution < -0.4 is 5.32 Å². The molecule has 1 fully saturated rings. The summed E-state index contributed by atoms with van der Waals surface area (Å²) in [5, 5.41) is 4.18. The van der Waals surface area contributed by atoms with Gasteiger partial charge in [-0.1, -0.05) is 17.7 Å². The van der Waals surface area contributed by atoms with E-state index in [-0.39, 0.29) is 0 Å². The molecule has 100 valence electrons. The Morgan fingerprint density at radius 3 is 2.83 bits per heavy atom. The Hall–Kier alpha value is -0.770. The average Bonchev–Trinajstić information content (AvgIpc) is 2.40. The molecule has 1 aromatic rings. The summed E-state index contributed by atoms with van der Waals surface area (Å²) >= 11 is 5.94. The second-order valence-electron chi connectivity index (χ2n) is 4.71. The number of benzene rings is 1. The van der Waals surface area contributed by atoms with Gasteiger partial charge in [0.25, 0.3) is 0 Å². The molecule has 0 aliphatic carbocycles. The predicted molar refractivity (Wildman–Crippen MR) is 76.4 cm³/mol. The first kappa shape index (κ1) is 13.7. The summed E-state index contributed by atoms with van der Waals surface area (Å²) in [6.45, 7) is 4.30. The minimum absolute atomic E-state index is 0.460. The molecule has 0 bridgehead atoms. The lowest BCUT2D eigenvalue weighted by atomic mass is 10.1. The van der Waals surface area contributed by atoms with Gasteiger partial charge in [-0.2, -0.15) is 0 Å². The van der Waals surface area contributed by atoms with Crippen LogP contribution in [0, 0.1) is 0 Å². The van der Waals surface area contributed by atoms with Crippen LogP contribution in [0.3, 0.4) is 0 Å². The largest absolute Gasteiger partial charge is 0.384 e. The maximum atomic E-state index is 5.94. The molecule has 0 atom stereocenters. The van der Waals surface area contributed by atoms with E-state index in [2.05, 4.69) is 10.2 Å². The molecule has 1 aromatic carbocycles. The molecule has 4 heteroatoms. The van der Waals surface area contributed by atoms with Gasteiger partial charge in [-0.15, -0.1) is 0 Å². The van der Waals surface area contributed by atoms with Gasteiger partial charge in [0.1, 0.15) is 0 Å². The third-order valence-electron chi connectivity index (χ3n) is 3.45. The van der Waals surface area contributed by atoms with Crippen LogP contribution in [-0.2, 0) is 4.74 Å². The maximum Gasteiger partial charge on any atom is 0.0595 e. The quantitative estimate of drug-likeness (QED) is 0.889. The predicted octanol–water partition coefficient (Wildman–Crippen LogP) is 2.86. The van der Waals surface area contributed by atoms with Crippen molar-refractivity contribution in [3.05, 3.63) is 29.3 Å². The van der Waals surface area contributed by atoms with Crippen molar-refractivity contribution in [1.29, 1.82) is 0 Å². The molecule has 1 N–H and O–H groups in total. The van der Waals surface area contributed by atoms with E-state index in [1.54, 1.807) is 7.11 Å². The van der Waals surface area contributed by atoms with Gasteiger partial charge in [0.15, 0.2) is 0 Å². The molecular weight excluding hydrogens is 248 g/mol. The number of nitrogens with one attached hydrogen (secondary N) is 1. The number of hydrogen-bond donors (Lipinski definition) is 1. The topological polar surface area (TPSA) is 24.5 Å². The average molecular weight is 269 g/mol. The fraction of sp³-hybridized carbons (Fsp3) is 0.571. The third kappa shape index (κ3) is 4.16. The Balaban J connectivity index is 1.67. The molecule has 1 aliphatic heterocycles. The first-order valence-electron chi connectivity index (χ1n) is 6.52. The molecule has 0 amide bonds. The second-order valence-corrected chi connectivity index (χ2v) is 5.15. The number of rotatable bonds is 5. The van der Waals surface area contributed by atoms with E-state index in [4.69, 9.17) is 16.3 Å². The highest BCUT2D eigenvalue weighted by atomic mass is 35.5. The van der Waals surface area contributed by atoms with Crippen LogP contribution in [0.5, 0.6) is 0 Å². The fourth-order valence-corrected chi connectivity index (χ4v) is 2.52. The Labute approximate surface area is 114 Å². The van der Waals surface area contributed by atoms with Gasteiger partial charge < -0.3 is 15.0 Å². The summed E-state index contributed by atoms with van der Waals surface area (Å²) in [7, 11) is 1.81. The van der Waals surface area contributed by atoms with Gasteiger partial charge >= 0.3 is 0 Å². The van der Waals surface area contributed by atoms with Crippen molar-refractivity contribution in [2.45, 2.75) is 18.9 Å².